The zero-order valence-corrected chi connectivity index (χ0v) is 15.2. The molecule has 0 saturated carbocycles. The van der Waals surface area contributed by atoms with E-state index >= 15 is 0 Å². The lowest BCUT2D eigenvalue weighted by molar-refractivity contribution is -0.116. The highest BCUT2D eigenvalue weighted by molar-refractivity contribution is 5.91. The second-order valence-corrected chi connectivity index (χ2v) is 6.30. The van der Waals surface area contributed by atoms with E-state index in [1.165, 1.54) is 5.56 Å². The van der Waals surface area contributed by atoms with Gasteiger partial charge in [-0.3, -0.25) is 4.79 Å². The van der Waals surface area contributed by atoms with E-state index in [1.807, 2.05) is 72.8 Å². The van der Waals surface area contributed by atoms with Crippen molar-refractivity contribution >= 4 is 17.7 Å². The Kier molecular flexibility index (Phi) is 6.82. The molecule has 0 aliphatic rings. The van der Waals surface area contributed by atoms with Crippen molar-refractivity contribution in [1.82, 2.24) is 5.32 Å². The normalized spacial score (nSPS) is 11.9. The second-order valence-electron chi connectivity index (χ2n) is 6.30. The molecule has 1 amide bonds. The molecular formula is C24H24N2O. The maximum atomic E-state index is 12.1. The van der Waals surface area contributed by atoms with E-state index in [2.05, 4.69) is 34.9 Å². The zero-order valence-electron chi connectivity index (χ0n) is 15.2. The van der Waals surface area contributed by atoms with Gasteiger partial charge in [0.05, 0.1) is 6.04 Å². The lowest BCUT2D eigenvalue weighted by atomic mass is 10.0. The quantitative estimate of drug-likeness (QED) is 0.554. The van der Waals surface area contributed by atoms with Crippen LogP contribution in [-0.4, -0.2) is 12.5 Å². The van der Waals surface area contributed by atoms with Gasteiger partial charge in [-0.2, -0.15) is 0 Å². The van der Waals surface area contributed by atoms with Crippen molar-refractivity contribution in [2.75, 3.05) is 11.9 Å². The Hall–Kier alpha value is -3.33. The molecular weight excluding hydrogens is 332 g/mol. The predicted molar refractivity (Wildman–Crippen MR) is 112 cm³/mol. The first-order chi connectivity index (χ1) is 13.3. The monoisotopic (exact) mass is 356 g/mol. The van der Waals surface area contributed by atoms with Crippen LogP contribution >= 0.6 is 0 Å². The van der Waals surface area contributed by atoms with Crippen molar-refractivity contribution in [3.63, 3.8) is 0 Å². The molecule has 0 bridgehead atoms. The molecule has 3 nitrogen and oxygen atoms in total. The van der Waals surface area contributed by atoms with Crippen molar-refractivity contribution in [1.29, 1.82) is 0 Å². The Morgan fingerprint density at radius 3 is 2.07 bits per heavy atom. The van der Waals surface area contributed by atoms with Crippen molar-refractivity contribution < 1.29 is 4.79 Å². The van der Waals surface area contributed by atoms with Crippen LogP contribution in [0.3, 0.4) is 0 Å². The van der Waals surface area contributed by atoms with E-state index in [-0.39, 0.29) is 11.9 Å². The molecule has 0 aliphatic heterocycles. The summed E-state index contributed by atoms with van der Waals surface area (Å²) in [6.07, 6.45) is 4.20. The number of carbonyl (C=O) groups excluding carboxylic acids is 1. The van der Waals surface area contributed by atoms with Crippen LogP contribution in [0.4, 0.5) is 5.69 Å². The first kappa shape index (κ1) is 18.5. The Labute approximate surface area is 160 Å². The Morgan fingerprint density at radius 2 is 1.41 bits per heavy atom. The molecule has 0 aromatic heterocycles. The van der Waals surface area contributed by atoms with Crippen molar-refractivity contribution in [3.05, 3.63) is 108 Å². The maximum absolute atomic E-state index is 12.1. The molecule has 0 saturated heterocycles. The smallest absolute Gasteiger partial charge is 0.244 e. The molecule has 2 N–H and O–H groups in total. The van der Waals surface area contributed by atoms with E-state index in [1.54, 1.807) is 6.08 Å². The molecule has 0 heterocycles. The number of rotatable bonds is 8. The minimum absolute atomic E-state index is 0.0784. The Balaban J connectivity index is 1.56. The van der Waals surface area contributed by atoms with Crippen LogP contribution in [0.2, 0.25) is 0 Å². The van der Waals surface area contributed by atoms with Gasteiger partial charge in [-0.05, 0) is 35.8 Å². The third-order valence-corrected chi connectivity index (χ3v) is 4.28. The number of anilines is 1. The summed E-state index contributed by atoms with van der Waals surface area (Å²) in [4.78, 5) is 12.1. The fourth-order valence-corrected chi connectivity index (χ4v) is 2.88. The molecule has 3 aromatic carbocycles. The first-order valence-corrected chi connectivity index (χ1v) is 9.19. The molecule has 3 aromatic rings. The second kappa shape index (κ2) is 9.97. The van der Waals surface area contributed by atoms with Crippen LogP contribution in [0.25, 0.3) is 6.08 Å². The van der Waals surface area contributed by atoms with Crippen molar-refractivity contribution in [2.45, 2.75) is 12.5 Å². The number of nitrogens with one attached hydrogen (secondary N) is 2. The summed E-state index contributed by atoms with van der Waals surface area (Å²) < 4.78 is 0. The molecule has 0 radical (unpaired) electrons. The molecule has 0 spiro atoms. The lowest BCUT2D eigenvalue weighted by Crippen LogP contribution is -2.25. The molecule has 27 heavy (non-hydrogen) atoms. The fourth-order valence-electron chi connectivity index (χ4n) is 2.88. The Bertz CT molecular complexity index is 845. The molecule has 1 atom stereocenters. The van der Waals surface area contributed by atoms with E-state index < -0.39 is 0 Å². The van der Waals surface area contributed by atoms with Gasteiger partial charge < -0.3 is 10.6 Å². The van der Waals surface area contributed by atoms with Crippen molar-refractivity contribution in [2.24, 2.45) is 0 Å². The van der Waals surface area contributed by atoms with Crippen LogP contribution in [0.5, 0.6) is 0 Å². The number of hydrogen-bond acceptors (Lipinski definition) is 2. The third-order valence-electron chi connectivity index (χ3n) is 4.28. The minimum atomic E-state index is -0.0784. The highest BCUT2D eigenvalue weighted by atomic mass is 16.1. The summed E-state index contributed by atoms with van der Waals surface area (Å²) in [6.45, 7) is 0.595. The van der Waals surface area contributed by atoms with Gasteiger partial charge in [0.15, 0.2) is 0 Å². The highest BCUT2D eigenvalue weighted by Gasteiger charge is 2.11. The van der Waals surface area contributed by atoms with E-state index in [0.29, 0.717) is 6.54 Å². The summed E-state index contributed by atoms with van der Waals surface area (Å²) in [5, 5.41) is 6.53. The van der Waals surface area contributed by atoms with Gasteiger partial charge in [0.25, 0.3) is 0 Å². The summed E-state index contributed by atoms with van der Waals surface area (Å²) in [7, 11) is 0. The summed E-state index contributed by atoms with van der Waals surface area (Å²) >= 11 is 0. The zero-order chi connectivity index (χ0) is 18.7. The summed E-state index contributed by atoms with van der Waals surface area (Å²) in [5.41, 5.74) is 3.29. The first-order valence-electron chi connectivity index (χ1n) is 9.19. The number of hydrogen-bond donors (Lipinski definition) is 2. The number of carbonyl (C=O) groups is 1. The predicted octanol–water partition coefficient (Wildman–Crippen LogP) is 5.06. The maximum Gasteiger partial charge on any atom is 0.244 e. The van der Waals surface area contributed by atoms with E-state index in [9.17, 15) is 4.79 Å². The molecule has 1 unspecified atom stereocenters. The average Bonchev–Trinajstić information content (AvgIpc) is 2.74. The standard InChI is InChI=1S/C24H24N2O/c27-24(17-16-20-10-4-1-5-11-20)25-19-18-23(21-12-6-2-7-13-21)26-22-14-8-3-9-15-22/h1-17,23,26H,18-19H2,(H,25,27). The van der Waals surface area contributed by atoms with Gasteiger partial charge in [-0.15, -0.1) is 0 Å². The average molecular weight is 356 g/mol. The topological polar surface area (TPSA) is 41.1 Å². The van der Waals surface area contributed by atoms with Gasteiger partial charge in [0, 0.05) is 18.3 Å². The van der Waals surface area contributed by atoms with E-state index in [0.717, 1.165) is 17.7 Å². The van der Waals surface area contributed by atoms with E-state index in [4.69, 9.17) is 0 Å². The van der Waals surface area contributed by atoms with Crippen LogP contribution in [-0.2, 0) is 4.79 Å². The molecule has 0 fully saturated rings. The molecule has 3 rings (SSSR count). The SMILES string of the molecule is O=C(C=Cc1ccccc1)NCCC(Nc1ccccc1)c1ccccc1. The largest absolute Gasteiger partial charge is 0.378 e. The van der Waals surface area contributed by atoms with Crippen LogP contribution < -0.4 is 10.6 Å². The van der Waals surface area contributed by atoms with Crippen molar-refractivity contribution in [3.8, 4) is 0 Å². The Morgan fingerprint density at radius 1 is 0.815 bits per heavy atom. The molecule has 3 heteroatoms. The van der Waals surface area contributed by atoms with Gasteiger partial charge >= 0.3 is 0 Å². The van der Waals surface area contributed by atoms with Gasteiger partial charge in [-0.25, -0.2) is 0 Å². The molecule has 0 aliphatic carbocycles. The lowest BCUT2D eigenvalue weighted by Gasteiger charge is -2.20. The number of amides is 1. The van der Waals surface area contributed by atoms with Crippen LogP contribution in [0.15, 0.2) is 97.1 Å². The van der Waals surface area contributed by atoms with Gasteiger partial charge in [-0.1, -0.05) is 78.9 Å². The summed E-state index contributed by atoms with van der Waals surface area (Å²) in [6, 6.07) is 30.4. The highest BCUT2D eigenvalue weighted by Crippen LogP contribution is 2.22. The van der Waals surface area contributed by atoms with Crippen LogP contribution in [0, 0.1) is 0 Å². The number of para-hydroxylation sites is 1. The minimum Gasteiger partial charge on any atom is -0.378 e. The summed E-state index contributed by atoms with van der Waals surface area (Å²) in [5.74, 6) is -0.0784. The fraction of sp³-hybridized carbons (Fsp3) is 0.125. The van der Waals surface area contributed by atoms with Crippen LogP contribution in [0.1, 0.15) is 23.6 Å². The van der Waals surface area contributed by atoms with Gasteiger partial charge in [0.1, 0.15) is 0 Å². The van der Waals surface area contributed by atoms with Gasteiger partial charge in [0.2, 0.25) is 5.91 Å². The number of benzene rings is 3. The molecule has 136 valence electrons. The third kappa shape index (κ3) is 6.15.